The van der Waals surface area contributed by atoms with Gasteiger partial charge in [-0.05, 0) is 45.0 Å². The molecule has 0 saturated carbocycles. The molecule has 0 saturated heterocycles. The maximum atomic E-state index is 5.79. The van der Waals surface area contributed by atoms with Crippen molar-refractivity contribution in [3.63, 3.8) is 0 Å². The summed E-state index contributed by atoms with van der Waals surface area (Å²) in [4.78, 5) is 6.86. The van der Waals surface area contributed by atoms with Gasteiger partial charge in [0.05, 0.1) is 11.1 Å². The Morgan fingerprint density at radius 1 is 1.39 bits per heavy atom. The molecule has 98 valence electrons. The Morgan fingerprint density at radius 2 is 2.22 bits per heavy atom. The van der Waals surface area contributed by atoms with E-state index in [1.165, 1.54) is 15.3 Å². The van der Waals surface area contributed by atoms with Gasteiger partial charge in [-0.25, -0.2) is 4.98 Å². The first kappa shape index (κ1) is 13.3. The van der Waals surface area contributed by atoms with Crippen LogP contribution in [0.4, 0.5) is 0 Å². The van der Waals surface area contributed by atoms with Gasteiger partial charge in [-0.3, -0.25) is 0 Å². The van der Waals surface area contributed by atoms with Gasteiger partial charge in [0.2, 0.25) is 0 Å². The molecule has 0 aromatic carbocycles. The third-order valence-electron chi connectivity index (χ3n) is 2.96. The molecule has 0 aliphatic rings. The number of oxazole rings is 1. The second-order valence-electron chi connectivity index (χ2n) is 4.43. The SMILES string of the molecule is CCNCCCc1ncc(-c2cc(C)c(C)s2)o1. The fraction of sp³-hybridized carbons (Fsp3) is 0.500. The van der Waals surface area contributed by atoms with Crippen LogP contribution in [-0.4, -0.2) is 18.1 Å². The van der Waals surface area contributed by atoms with Crippen molar-refractivity contribution in [1.29, 1.82) is 0 Å². The molecular formula is C14H20N2OS. The van der Waals surface area contributed by atoms with E-state index in [2.05, 4.69) is 37.1 Å². The number of nitrogens with one attached hydrogen (secondary N) is 1. The molecule has 0 bridgehead atoms. The van der Waals surface area contributed by atoms with Crippen molar-refractivity contribution in [1.82, 2.24) is 10.3 Å². The van der Waals surface area contributed by atoms with Gasteiger partial charge in [0.1, 0.15) is 0 Å². The number of rotatable bonds is 6. The van der Waals surface area contributed by atoms with Crippen molar-refractivity contribution in [2.75, 3.05) is 13.1 Å². The lowest BCUT2D eigenvalue weighted by Crippen LogP contribution is -2.14. The van der Waals surface area contributed by atoms with Gasteiger partial charge in [0, 0.05) is 11.3 Å². The fourth-order valence-corrected chi connectivity index (χ4v) is 2.76. The minimum Gasteiger partial charge on any atom is -0.440 e. The van der Waals surface area contributed by atoms with Crippen LogP contribution in [0.5, 0.6) is 0 Å². The number of thiophene rings is 1. The second-order valence-corrected chi connectivity index (χ2v) is 5.68. The Bertz CT molecular complexity index is 482. The van der Waals surface area contributed by atoms with Crippen LogP contribution in [0.15, 0.2) is 16.7 Å². The normalized spacial score (nSPS) is 11.1. The van der Waals surface area contributed by atoms with Gasteiger partial charge < -0.3 is 9.73 Å². The third kappa shape index (κ3) is 3.21. The molecule has 18 heavy (non-hydrogen) atoms. The van der Waals surface area contributed by atoms with Crippen LogP contribution in [0.25, 0.3) is 10.6 Å². The predicted octanol–water partition coefficient (Wildman–Crippen LogP) is 3.56. The van der Waals surface area contributed by atoms with E-state index in [1.807, 2.05) is 6.20 Å². The van der Waals surface area contributed by atoms with Crippen LogP contribution >= 0.6 is 11.3 Å². The zero-order valence-electron chi connectivity index (χ0n) is 11.2. The zero-order valence-corrected chi connectivity index (χ0v) is 12.1. The first-order chi connectivity index (χ1) is 8.70. The lowest BCUT2D eigenvalue weighted by molar-refractivity contribution is 0.494. The molecule has 2 heterocycles. The van der Waals surface area contributed by atoms with E-state index in [9.17, 15) is 0 Å². The van der Waals surface area contributed by atoms with Crippen LogP contribution < -0.4 is 5.32 Å². The van der Waals surface area contributed by atoms with Crippen molar-refractivity contribution < 1.29 is 4.42 Å². The summed E-state index contributed by atoms with van der Waals surface area (Å²) in [7, 11) is 0. The molecule has 2 aromatic heterocycles. The van der Waals surface area contributed by atoms with Crippen molar-refractivity contribution in [3.05, 3.63) is 28.6 Å². The summed E-state index contributed by atoms with van der Waals surface area (Å²) in [5.41, 5.74) is 1.32. The smallest absolute Gasteiger partial charge is 0.194 e. The minimum absolute atomic E-state index is 0.839. The number of hydrogen-bond acceptors (Lipinski definition) is 4. The monoisotopic (exact) mass is 264 g/mol. The van der Waals surface area contributed by atoms with E-state index < -0.39 is 0 Å². The summed E-state index contributed by atoms with van der Waals surface area (Å²) in [5.74, 6) is 1.74. The fourth-order valence-electron chi connectivity index (χ4n) is 1.78. The molecule has 0 aliphatic heterocycles. The molecule has 3 nitrogen and oxygen atoms in total. The first-order valence-corrected chi connectivity index (χ1v) is 7.25. The summed E-state index contributed by atoms with van der Waals surface area (Å²) in [5, 5.41) is 3.30. The standard InChI is InChI=1S/C14H20N2OS/c1-4-15-7-5-6-14-16-9-12(17-14)13-8-10(2)11(3)18-13/h8-9,15H,4-7H2,1-3H3. The van der Waals surface area contributed by atoms with Crippen LogP contribution in [-0.2, 0) is 6.42 Å². The van der Waals surface area contributed by atoms with Crippen molar-refractivity contribution in [3.8, 4) is 10.6 Å². The van der Waals surface area contributed by atoms with E-state index in [1.54, 1.807) is 11.3 Å². The van der Waals surface area contributed by atoms with Gasteiger partial charge in [-0.1, -0.05) is 6.92 Å². The van der Waals surface area contributed by atoms with Crippen LogP contribution in [0.2, 0.25) is 0 Å². The van der Waals surface area contributed by atoms with Crippen molar-refractivity contribution in [2.45, 2.75) is 33.6 Å². The Balaban J connectivity index is 1.97. The highest BCUT2D eigenvalue weighted by molar-refractivity contribution is 7.15. The number of hydrogen-bond donors (Lipinski definition) is 1. The molecule has 4 heteroatoms. The largest absolute Gasteiger partial charge is 0.440 e. The zero-order chi connectivity index (χ0) is 13.0. The third-order valence-corrected chi connectivity index (χ3v) is 4.12. The Hall–Kier alpha value is -1.13. The van der Waals surface area contributed by atoms with Gasteiger partial charge >= 0.3 is 0 Å². The van der Waals surface area contributed by atoms with Gasteiger partial charge in [-0.2, -0.15) is 0 Å². The van der Waals surface area contributed by atoms with Gasteiger partial charge in [0.15, 0.2) is 11.7 Å². The highest BCUT2D eigenvalue weighted by Crippen LogP contribution is 2.31. The van der Waals surface area contributed by atoms with E-state index in [0.717, 1.165) is 37.6 Å². The average Bonchev–Trinajstić information content (AvgIpc) is 2.93. The summed E-state index contributed by atoms with van der Waals surface area (Å²) < 4.78 is 5.79. The molecule has 2 aromatic rings. The van der Waals surface area contributed by atoms with Crippen molar-refractivity contribution >= 4 is 11.3 Å². The molecule has 0 aliphatic carbocycles. The number of nitrogens with zero attached hydrogens (tertiary/aromatic N) is 1. The topological polar surface area (TPSA) is 38.1 Å². The maximum Gasteiger partial charge on any atom is 0.194 e. The van der Waals surface area contributed by atoms with Crippen LogP contribution in [0, 0.1) is 13.8 Å². The second kappa shape index (κ2) is 6.16. The molecule has 0 unspecified atom stereocenters. The Labute approximate surface area is 112 Å². The summed E-state index contributed by atoms with van der Waals surface area (Å²) in [6.07, 6.45) is 3.81. The quantitative estimate of drug-likeness (QED) is 0.811. The van der Waals surface area contributed by atoms with Crippen LogP contribution in [0.3, 0.4) is 0 Å². The lowest BCUT2D eigenvalue weighted by Gasteiger charge is -1.98. The molecule has 0 atom stereocenters. The van der Waals surface area contributed by atoms with E-state index in [-0.39, 0.29) is 0 Å². The number of aromatic nitrogens is 1. The minimum atomic E-state index is 0.839. The molecule has 0 spiro atoms. The first-order valence-electron chi connectivity index (χ1n) is 6.43. The molecular weight excluding hydrogens is 244 g/mol. The number of aryl methyl sites for hydroxylation is 3. The maximum absolute atomic E-state index is 5.79. The molecule has 1 N–H and O–H groups in total. The van der Waals surface area contributed by atoms with Gasteiger partial charge in [0.25, 0.3) is 0 Å². The lowest BCUT2D eigenvalue weighted by atomic mass is 10.3. The molecule has 0 amide bonds. The van der Waals surface area contributed by atoms with E-state index >= 15 is 0 Å². The average molecular weight is 264 g/mol. The highest BCUT2D eigenvalue weighted by atomic mass is 32.1. The van der Waals surface area contributed by atoms with Crippen molar-refractivity contribution in [2.24, 2.45) is 0 Å². The Kier molecular flexibility index (Phi) is 4.55. The highest BCUT2D eigenvalue weighted by Gasteiger charge is 2.09. The Morgan fingerprint density at radius 3 is 2.89 bits per heavy atom. The van der Waals surface area contributed by atoms with Gasteiger partial charge in [-0.15, -0.1) is 11.3 Å². The van der Waals surface area contributed by atoms with E-state index in [4.69, 9.17) is 4.42 Å². The summed E-state index contributed by atoms with van der Waals surface area (Å²) in [6.45, 7) is 8.42. The summed E-state index contributed by atoms with van der Waals surface area (Å²) in [6, 6.07) is 2.17. The van der Waals surface area contributed by atoms with E-state index in [0.29, 0.717) is 0 Å². The van der Waals surface area contributed by atoms with Crippen LogP contribution in [0.1, 0.15) is 29.7 Å². The molecule has 2 rings (SSSR count). The molecule has 0 fully saturated rings. The summed E-state index contributed by atoms with van der Waals surface area (Å²) >= 11 is 1.77. The predicted molar refractivity (Wildman–Crippen MR) is 76.2 cm³/mol. The molecule has 0 radical (unpaired) electrons.